The molecular formula is C16H22BN5O2. The topological polar surface area (TPSA) is 74.1 Å². The quantitative estimate of drug-likeness (QED) is 0.797. The van der Waals surface area contributed by atoms with E-state index in [9.17, 15) is 0 Å². The average molecular weight is 327 g/mol. The number of nitrogens with zero attached hydrogens (tertiary/aromatic N) is 4. The van der Waals surface area contributed by atoms with Gasteiger partial charge < -0.3 is 14.8 Å². The molecule has 1 aliphatic heterocycles. The Hall–Kier alpha value is -2.09. The van der Waals surface area contributed by atoms with Crippen LogP contribution in [0.3, 0.4) is 0 Å². The number of ether oxygens (including phenoxy) is 2. The van der Waals surface area contributed by atoms with Gasteiger partial charge >= 0.3 is 0 Å². The van der Waals surface area contributed by atoms with Crippen molar-refractivity contribution in [3.8, 4) is 11.4 Å². The van der Waals surface area contributed by atoms with Gasteiger partial charge in [-0.2, -0.15) is 4.68 Å². The predicted molar refractivity (Wildman–Crippen MR) is 92.6 cm³/mol. The third kappa shape index (κ3) is 2.98. The molecule has 7 nitrogen and oxygen atoms in total. The standard InChI is InChI=1S/C16H22BN5O2/c1-5-16(2,3)11-6-13(22-15(18-4)19-20-21-22)14(7-12(11)17)24-10-8-23-9-10/h6-7,10H,5,8-9H2,1-4H3,(H,18,19,21). The van der Waals surface area contributed by atoms with Crippen LogP contribution in [-0.2, 0) is 10.2 Å². The molecule has 24 heavy (non-hydrogen) atoms. The molecule has 1 aromatic carbocycles. The van der Waals surface area contributed by atoms with Crippen LogP contribution in [0.1, 0.15) is 32.8 Å². The van der Waals surface area contributed by atoms with E-state index in [4.69, 9.17) is 17.3 Å². The van der Waals surface area contributed by atoms with E-state index in [1.807, 2.05) is 12.1 Å². The minimum Gasteiger partial charge on any atom is -0.483 e. The van der Waals surface area contributed by atoms with E-state index < -0.39 is 0 Å². The lowest BCUT2D eigenvalue weighted by Gasteiger charge is -2.30. The molecule has 0 aliphatic carbocycles. The Labute approximate surface area is 143 Å². The lowest BCUT2D eigenvalue weighted by Crippen LogP contribution is -2.39. The zero-order valence-electron chi connectivity index (χ0n) is 14.5. The summed E-state index contributed by atoms with van der Waals surface area (Å²) in [6, 6.07) is 3.88. The third-order valence-corrected chi connectivity index (χ3v) is 4.57. The number of nitrogens with one attached hydrogen (secondary N) is 1. The van der Waals surface area contributed by atoms with Crippen LogP contribution in [0.25, 0.3) is 5.69 Å². The number of rotatable bonds is 6. The minimum atomic E-state index is -0.0647. The number of hydrogen-bond donors (Lipinski definition) is 1. The molecule has 1 fully saturated rings. The molecule has 0 amide bonds. The smallest absolute Gasteiger partial charge is 0.247 e. The fraction of sp³-hybridized carbons (Fsp3) is 0.562. The van der Waals surface area contributed by atoms with Crippen LogP contribution >= 0.6 is 0 Å². The zero-order chi connectivity index (χ0) is 17.3. The van der Waals surface area contributed by atoms with Crippen molar-refractivity contribution in [1.82, 2.24) is 20.2 Å². The minimum absolute atomic E-state index is 0.0303. The molecule has 2 radical (unpaired) electrons. The van der Waals surface area contributed by atoms with Crippen LogP contribution in [0.2, 0.25) is 0 Å². The molecular weight excluding hydrogens is 305 g/mol. The second-order valence-electron chi connectivity index (χ2n) is 6.59. The molecule has 1 aromatic heterocycles. The van der Waals surface area contributed by atoms with Crippen molar-refractivity contribution in [2.24, 2.45) is 0 Å². The summed E-state index contributed by atoms with van der Waals surface area (Å²) >= 11 is 0. The van der Waals surface area contributed by atoms with Crippen LogP contribution in [0.5, 0.6) is 5.75 Å². The lowest BCUT2D eigenvalue weighted by molar-refractivity contribution is -0.0796. The van der Waals surface area contributed by atoms with Gasteiger partial charge in [-0.25, -0.2) is 0 Å². The van der Waals surface area contributed by atoms with Crippen molar-refractivity contribution in [2.45, 2.75) is 38.7 Å². The van der Waals surface area contributed by atoms with E-state index in [1.54, 1.807) is 11.7 Å². The fourth-order valence-electron chi connectivity index (χ4n) is 2.59. The SMILES string of the molecule is [B]c1cc(OC2COC2)c(-n2nnnc2NC)cc1C(C)(C)CC. The first kappa shape index (κ1) is 16.8. The van der Waals surface area contributed by atoms with Gasteiger partial charge in [0.15, 0.2) is 0 Å². The van der Waals surface area contributed by atoms with E-state index >= 15 is 0 Å². The Morgan fingerprint density at radius 1 is 1.42 bits per heavy atom. The highest BCUT2D eigenvalue weighted by molar-refractivity contribution is 6.33. The molecule has 0 spiro atoms. The van der Waals surface area contributed by atoms with E-state index in [1.165, 1.54) is 0 Å². The maximum atomic E-state index is 6.32. The monoisotopic (exact) mass is 327 g/mol. The predicted octanol–water partition coefficient (Wildman–Crippen LogP) is 0.963. The van der Waals surface area contributed by atoms with Crippen LogP contribution in [-0.4, -0.2) is 54.4 Å². The maximum Gasteiger partial charge on any atom is 0.247 e. The van der Waals surface area contributed by atoms with Gasteiger partial charge in [0.25, 0.3) is 0 Å². The van der Waals surface area contributed by atoms with E-state index in [0.29, 0.717) is 30.4 Å². The Bertz CT molecular complexity index is 727. The first-order valence-electron chi connectivity index (χ1n) is 8.11. The summed E-state index contributed by atoms with van der Waals surface area (Å²) in [5, 5.41) is 14.8. The fourth-order valence-corrected chi connectivity index (χ4v) is 2.59. The summed E-state index contributed by atoms with van der Waals surface area (Å²) in [6.07, 6.45) is 0.990. The molecule has 0 bridgehead atoms. The number of benzene rings is 1. The van der Waals surface area contributed by atoms with Gasteiger partial charge in [0.1, 0.15) is 25.4 Å². The first-order chi connectivity index (χ1) is 11.5. The molecule has 0 saturated carbocycles. The summed E-state index contributed by atoms with van der Waals surface area (Å²) in [4.78, 5) is 0. The normalized spacial score (nSPS) is 15.2. The van der Waals surface area contributed by atoms with Gasteiger partial charge in [-0.1, -0.05) is 31.3 Å². The zero-order valence-corrected chi connectivity index (χ0v) is 14.5. The first-order valence-corrected chi connectivity index (χ1v) is 8.11. The molecule has 3 rings (SSSR count). The van der Waals surface area contributed by atoms with Gasteiger partial charge in [-0.05, 0) is 40.0 Å². The van der Waals surface area contributed by atoms with Crippen molar-refractivity contribution in [3.63, 3.8) is 0 Å². The molecule has 126 valence electrons. The van der Waals surface area contributed by atoms with Crippen molar-refractivity contribution >= 4 is 19.3 Å². The second kappa shape index (κ2) is 6.43. The number of hydrogen-bond acceptors (Lipinski definition) is 6. The van der Waals surface area contributed by atoms with Crippen LogP contribution in [0, 0.1) is 0 Å². The van der Waals surface area contributed by atoms with Gasteiger partial charge in [-0.3, -0.25) is 0 Å². The van der Waals surface area contributed by atoms with E-state index in [0.717, 1.165) is 17.7 Å². The summed E-state index contributed by atoms with van der Waals surface area (Å²) < 4.78 is 12.9. The summed E-state index contributed by atoms with van der Waals surface area (Å²) in [6.45, 7) is 7.64. The molecule has 0 unspecified atom stereocenters. The Balaban J connectivity index is 2.12. The van der Waals surface area contributed by atoms with Crippen LogP contribution in [0.15, 0.2) is 12.1 Å². The Kier molecular flexibility index (Phi) is 4.49. The Morgan fingerprint density at radius 3 is 2.75 bits per heavy atom. The molecule has 2 heterocycles. The summed E-state index contributed by atoms with van der Waals surface area (Å²) in [5.74, 6) is 1.19. The summed E-state index contributed by atoms with van der Waals surface area (Å²) in [7, 11) is 8.10. The number of aromatic nitrogens is 4. The van der Waals surface area contributed by atoms with E-state index in [-0.39, 0.29) is 11.5 Å². The molecule has 0 atom stereocenters. The van der Waals surface area contributed by atoms with Crippen molar-refractivity contribution in [1.29, 1.82) is 0 Å². The molecule has 1 saturated heterocycles. The molecule has 1 N–H and O–H groups in total. The highest BCUT2D eigenvalue weighted by Crippen LogP contribution is 2.32. The lowest BCUT2D eigenvalue weighted by atomic mass is 9.74. The van der Waals surface area contributed by atoms with Crippen molar-refractivity contribution in [2.75, 3.05) is 25.6 Å². The molecule has 1 aliphatic rings. The number of tetrazole rings is 1. The summed E-state index contributed by atoms with van der Waals surface area (Å²) in [5.41, 5.74) is 2.46. The van der Waals surface area contributed by atoms with Gasteiger partial charge in [0.05, 0.1) is 13.2 Å². The Morgan fingerprint density at radius 2 is 2.17 bits per heavy atom. The number of anilines is 1. The average Bonchev–Trinajstić information content (AvgIpc) is 2.99. The van der Waals surface area contributed by atoms with Crippen LogP contribution < -0.4 is 15.5 Å². The third-order valence-electron chi connectivity index (χ3n) is 4.57. The highest BCUT2D eigenvalue weighted by Gasteiger charge is 2.26. The molecule has 2 aromatic rings. The second-order valence-corrected chi connectivity index (χ2v) is 6.59. The van der Waals surface area contributed by atoms with Crippen molar-refractivity contribution < 1.29 is 9.47 Å². The van der Waals surface area contributed by atoms with Gasteiger partial charge in [-0.15, -0.1) is 0 Å². The van der Waals surface area contributed by atoms with Gasteiger partial charge in [0.2, 0.25) is 5.95 Å². The highest BCUT2D eigenvalue weighted by atomic mass is 16.6. The van der Waals surface area contributed by atoms with Crippen LogP contribution in [0.4, 0.5) is 5.95 Å². The van der Waals surface area contributed by atoms with Gasteiger partial charge in [0, 0.05) is 7.05 Å². The van der Waals surface area contributed by atoms with Crippen molar-refractivity contribution in [3.05, 3.63) is 17.7 Å². The largest absolute Gasteiger partial charge is 0.483 e. The van der Waals surface area contributed by atoms with E-state index in [2.05, 4.69) is 41.6 Å². The maximum absolute atomic E-state index is 6.32. The molecule has 8 heteroatoms.